The van der Waals surface area contributed by atoms with Gasteiger partial charge >= 0.3 is 0 Å². The van der Waals surface area contributed by atoms with Gasteiger partial charge in [-0.2, -0.15) is 0 Å². The van der Waals surface area contributed by atoms with E-state index in [0.29, 0.717) is 5.41 Å². The van der Waals surface area contributed by atoms with Crippen LogP contribution >= 0.6 is 12.2 Å². The molecule has 2 N–H and O–H groups in total. The topological polar surface area (TPSA) is 24.1 Å². The van der Waals surface area contributed by atoms with Gasteiger partial charge in [0.25, 0.3) is 0 Å². The molecule has 1 saturated carbocycles. The Balaban J connectivity index is 1.96. The van der Waals surface area contributed by atoms with Gasteiger partial charge in [0.05, 0.1) is 0 Å². The molecule has 1 aliphatic heterocycles. The molecule has 0 unspecified atom stereocenters. The fourth-order valence-electron chi connectivity index (χ4n) is 1.69. The van der Waals surface area contributed by atoms with E-state index in [1.165, 1.54) is 19.3 Å². The molecule has 2 fully saturated rings. The smallest absolute Gasteiger partial charge is 0.166 e. The van der Waals surface area contributed by atoms with Crippen LogP contribution in [0.15, 0.2) is 0 Å². The second-order valence-electron chi connectivity index (χ2n) is 3.39. The first-order chi connectivity index (χ1) is 4.81. The maximum absolute atomic E-state index is 4.96. The van der Waals surface area contributed by atoms with Crippen molar-refractivity contribution >= 4 is 17.3 Å². The lowest BCUT2D eigenvalue weighted by Crippen LogP contribution is -2.57. The minimum absolute atomic E-state index is 0.572. The second kappa shape index (κ2) is 2.09. The summed E-state index contributed by atoms with van der Waals surface area (Å²) in [5.74, 6) is 0. The monoisotopic (exact) mass is 156 g/mol. The summed E-state index contributed by atoms with van der Waals surface area (Å²) >= 11 is 4.96. The van der Waals surface area contributed by atoms with Crippen LogP contribution < -0.4 is 10.6 Å². The van der Waals surface area contributed by atoms with Crippen molar-refractivity contribution < 1.29 is 0 Å². The molecule has 2 nitrogen and oxygen atoms in total. The van der Waals surface area contributed by atoms with Crippen LogP contribution in [0.1, 0.15) is 19.3 Å². The van der Waals surface area contributed by atoms with Gasteiger partial charge in [-0.1, -0.05) is 6.42 Å². The predicted molar refractivity (Wildman–Crippen MR) is 44.9 cm³/mol. The number of thiocarbonyl (C=S) groups is 1. The summed E-state index contributed by atoms with van der Waals surface area (Å²) in [6.45, 7) is 2.19. The Bertz CT molecular complexity index is 151. The summed E-state index contributed by atoms with van der Waals surface area (Å²) in [4.78, 5) is 0. The van der Waals surface area contributed by atoms with Crippen molar-refractivity contribution in [2.75, 3.05) is 13.1 Å². The lowest BCUT2D eigenvalue weighted by Gasteiger charge is -2.45. The van der Waals surface area contributed by atoms with Gasteiger partial charge in [-0.25, -0.2) is 0 Å². The molecule has 0 bridgehead atoms. The molecular formula is C7H12N2S. The summed E-state index contributed by atoms with van der Waals surface area (Å²) in [7, 11) is 0. The molecule has 2 aliphatic rings. The van der Waals surface area contributed by atoms with Crippen molar-refractivity contribution in [2.24, 2.45) is 5.41 Å². The van der Waals surface area contributed by atoms with E-state index in [1.807, 2.05) is 0 Å². The Morgan fingerprint density at radius 2 is 1.80 bits per heavy atom. The van der Waals surface area contributed by atoms with Crippen molar-refractivity contribution in [3.63, 3.8) is 0 Å². The van der Waals surface area contributed by atoms with Crippen LogP contribution in [-0.4, -0.2) is 18.2 Å². The van der Waals surface area contributed by atoms with E-state index in [-0.39, 0.29) is 0 Å². The average molecular weight is 156 g/mol. The molecule has 1 heterocycles. The third-order valence-electron chi connectivity index (χ3n) is 2.66. The van der Waals surface area contributed by atoms with E-state index in [9.17, 15) is 0 Å². The molecule has 0 radical (unpaired) electrons. The highest BCUT2D eigenvalue weighted by atomic mass is 32.1. The highest BCUT2D eigenvalue weighted by Crippen LogP contribution is 2.40. The zero-order valence-electron chi connectivity index (χ0n) is 5.94. The van der Waals surface area contributed by atoms with E-state index in [1.54, 1.807) is 0 Å². The van der Waals surface area contributed by atoms with Crippen LogP contribution in [0.4, 0.5) is 0 Å². The Labute approximate surface area is 66.4 Å². The fraction of sp³-hybridized carbons (Fsp3) is 0.857. The number of nitrogens with one attached hydrogen (secondary N) is 2. The van der Waals surface area contributed by atoms with Gasteiger partial charge in [0.2, 0.25) is 0 Å². The molecule has 56 valence electrons. The van der Waals surface area contributed by atoms with Crippen molar-refractivity contribution in [1.29, 1.82) is 0 Å². The number of rotatable bonds is 0. The van der Waals surface area contributed by atoms with Crippen LogP contribution in [0, 0.1) is 5.41 Å². The predicted octanol–water partition coefficient (Wildman–Crippen LogP) is 0.634. The van der Waals surface area contributed by atoms with Crippen LogP contribution in [0.25, 0.3) is 0 Å². The molecule has 0 aromatic heterocycles. The Morgan fingerprint density at radius 3 is 2.20 bits per heavy atom. The molecule has 1 spiro atoms. The van der Waals surface area contributed by atoms with Crippen LogP contribution in [0.5, 0.6) is 0 Å². The van der Waals surface area contributed by atoms with Crippen LogP contribution in [0.3, 0.4) is 0 Å². The molecule has 2 rings (SSSR count). The van der Waals surface area contributed by atoms with E-state index >= 15 is 0 Å². The lowest BCUT2D eigenvalue weighted by atomic mass is 9.68. The lowest BCUT2D eigenvalue weighted by molar-refractivity contribution is 0.131. The Morgan fingerprint density at radius 1 is 1.20 bits per heavy atom. The molecule has 1 aliphatic carbocycles. The normalized spacial score (nSPS) is 28.6. The van der Waals surface area contributed by atoms with Crippen molar-refractivity contribution in [3.8, 4) is 0 Å². The Kier molecular flexibility index (Phi) is 1.34. The first kappa shape index (κ1) is 6.40. The molecule has 0 aromatic carbocycles. The van der Waals surface area contributed by atoms with Crippen LogP contribution in [0.2, 0.25) is 0 Å². The number of hydrogen-bond donors (Lipinski definition) is 2. The van der Waals surface area contributed by atoms with Gasteiger partial charge in [0, 0.05) is 18.5 Å². The maximum atomic E-state index is 4.96. The second-order valence-corrected chi connectivity index (χ2v) is 3.80. The van der Waals surface area contributed by atoms with E-state index < -0.39 is 0 Å². The number of hydrogen-bond acceptors (Lipinski definition) is 1. The quantitative estimate of drug-likeness (QED) is 0.503. The molecular weight excluding hydrogens is 144 g/mol. The van der Waals surface area contributed by atoms with Crippen molar-refractivity contribution in [1.82, 2.24) is 10.6 Å². The highest BCUT2D eigenvalue weighted by Gasteiger charge is 2.38. The first-order valence-electron chi connectivity index (χ1n) is 3.83. The molecule has 0 atom stereocenters. The third-order valence-corrected chi connectivity index (χ3v) is 2.95. The van der Waals surface area contributed by atoms with Crippen molar-refractivity contribution in [3.05, 3.63) is 0 Å². The highest BCUT2D eigenvalue weighted by molar-refractivity contribution is 7.80. The summed E-state index contributed by atoms with van der Waals surface area (Å²) in [5, 5.41) is 7.22. The zero-order valence-corrected chi connectivity index (χ0v) is 6.76. The van der Waals surface area contributed by atoms with E-state index in [4.69, 9.17) is 12.2 Å². The fourth-order valence-corrected chi connectivity index (χ4v) is 1.84. The SMILES string of the molecule is S=C1NCC2(CCC2)CN1. The largest absolute Gasteiger partial charge is 0.362 e. The van der Waals surface area contributed by atoms with Gasteiger partial charge in [0.1, 0.15) is 0 Å². The molecule has 3 heteroatoms. The van der Waals surface area contributed by atoms with Gasteiger partial charge in [-0.05, 0) is 25.1 Å². The standard InChI is InChI=1S/C7H12N2S/c10-6-8-4-7(5-9-6)2-1-3-7/h1-5H2,(H2,8,9,10). The minimum Gasteiger partial charge on any atom is -0.362 e. The van der Waals surface area contributed by atoms with E-state index in [0.717, 1.165) is 18.2 Å². The van der Waals surface area contributed by atoms with Gasteiger partial charge in [-0.15, -0.1) is 0 Å². The Hall–Kier alpha value is -0.310. The molecule has 1 saturated heterocycles. The van der Waals surface area contributed by atoms with E-state index in [2.05, 4.69) is 10.6 Å². The summed E-state index contributed by atoms with van der Waals surface area (Å²) in [5.41, 5.74) is 0.572. The average Bonchev–Trinajstić information content (AvgIpc) is 1.86. The molecule has 10 heavy (non-hydrogen) atoms. The zero-order chi connectivity index (χ0) is 7.03. The van der Waals surface area contributed by atoms with Crippen LogP contribution in [-0.2, 0) is 0 Å². The summed E-state index contributed by atoms with van der Waals surface area (Å²) in [6, 6.07) is 0. The van der Waals surface area contributed by atoms with Gasteiger partial charge in [-0.3, -0.25) is 0 Å². The third kappa shape index (κ3) is 0.888. The molecule has 0 amide bonds. The summed E-state index contributed by atoms with van der Waals surface area (Å²) < 4.78 is 0. The first-order valence-corrected chi connectivity index (χ1v) is 4.23. The van der Waals surface area contributed by atoms with Gasteiger partial charge < -0.3 is 10.6 Å². The van der Waals surface area contributed by atoms with Gasteiger partial charge in [0.15, 0.2) is 5.11 Å². The maximum Gasteiger partial charge on any atom is 0.166 e. The molecule has 0 aromatic rings. The van der Waals surface area contributed by atoms with Crippen molar-refractivity contribution in [2.45, 2.75) is 19.3 Å². The summed E-state index contributed by atoms with van der Waals surface area (Å²) in [6.07, 6.45) is 4.14. The minimum atomic E-state index is 0.572.